The predicted octanol–water partition coefficient (Wildman–Crippen LogP) is -0.983. The van der Waals surface area contributed by atoms with Crippen LogP contribution in [-0.4, -0.2) is 93.2 Å². The summed E-state index contributed by atoms with van der Waals surface area (Å²) in [7, 11) is -2.62. The fraction of sp³-hybridized carbons (Fsp3) is 0. The van der Waals surface area contributed by atoms with Gasteiger partial charge in [-0.2, -0.15) is 0 Å². The van der Waals surface area contributed by atoms with Gasteiger partial charge in [0.2, 0.25) is 0 Å². The van der Waals surface area contributed by atoms with E-state index in [0.29, 0.717) is 0 Å². The van der Waals surface area contributed by atoms with E-state index in [1.807, 2.05) is 0 Å². The number of hydrogen-bond donors (Lipinski definition) is 5. The summed E-state index contributed by atoms with van der Waals surface area (Å²) in [5.74, 6) is -2.63. The number of nitrogens with zero attached hydrogens (tertiary/aromatic N) is 1. The summed E-state index contributed by atoms with van der Waals surface area (Å²) >= 11 is 0. The Bertz CT molecular complexity index is 356. The molecule has 0 aliphatic heterocycles. The van der Waals surface area contributed by atoms with Gasteiger partial charge in [-0.25, -0.2) is 14.6 Å². The van der Waals surface area contributed by atoms with E-state index in [9.17, 15) is 9.59 Å². The van der Waals surface area contributed by atoms with Crippen molar-refractivity contribution in [3.63, 3.8) is 0 Å². The van der Waals surface area contributed by atoms with Crippen LogP contribution in [0.3, 0.4) is 0 Å². The Morgan fingerprint density at radius 3 is 1.83 bits per heavy atom. The molecule has 1 heterocycles. The Balaban J connectivity index is -0.000000332. The molecule has 0 spiro atoms. The zero-order valence-electron chi connectivity index (χ0n) is 7.98. The number of aromatic nitrogens is 1. The molecule has 0 aromatic carbocycles. The number of carbonyl (C=O) groups is 2. The molecule has 0 bridgehead atoms. The Morgan fingerprint density at radius 1 is 1.11 bits per heavy atom. The van der Waals surface area contributed by atoms with Crippen LogP contribution in [0.5, 0.6) is 0 Å². The van der Waals surface area contributed by atoms with Gasteiger partial charge in [-0.15, -0.1) is 0 Å². The first-order valence-corrected chi connectivity index (χ1v) is 4.84. The van der Waals surface area contributed by atoms with Crippen LogP contribution < -0.4 is 0 Å². The standard InChI is InChI=1S/C7H5NO4.Cu.K.H3O3P.H/c9-6(10)4-2-1-3-8-5(4)7(11)12;;;1-4(2)3;/h1-3H,(H,9,10)(H,11,12);;;1-3H;. The molecule has 1 rings (SSSR count). The van der Waals surface area contributed by atoms with Crippen LogP contribution in [0, 0.1) is 0 Å². The Labute approximate surface area is 156 Å². The molecule has 0 unspecified atom stereocenters. The molecule has 11 heteroatoms. The Kier molecular flexibility index (Phi) is 16.5. The molecule has 101 valence electrons. The van der Waals surface area contributed by atoms with Gasteiger partial charge in [0, 0.05) is 23.3 Å². The number of hydrogen-bond acceptors (Lipinski definition) is 6. The topological polar surface area (TPSA) is 148 Å². The molecule has 1 aromatic heterocycles. The van der Waals surface area contributed by atoms with Crippen molar-refractivity contribution in [2.75, 3.05) is 0 Å². The first-order valence-electron chi connectivity index (χ1n) is 3.64. The van der Waals surface area contributed by atoms with E-state index in [4.69, 9.17) is 24.9 Å². The molecule has 0 fully saturated rings. The second-order valence-electron chi connectivity index (χ2n) is 2.28. The van der Waals surface area contributed by atoms with Crippen LogP contribution in [0.4, 0.5) is 0 Å². The van der Waals surface area contributed by atoms with Crippen LogP contribution in [0.25, 0.3) is 0 Å². The average Bonchev–Trinajstić information content (AvgIpc) is 2.16. The number of carboxylic acid groups (broad SMARTS) is 2. The van der Waals surface area contributed by atoms with Crippen molar-refractivity contribution in [3.8, 4) is 0 Å². The SMILES string of the molecule is O=C(O)c1cccnc1C(=O)O.OP(O)O.[Cu].[KH]. The molecule has 0 amide bonds. The molecule has 0 aliphatic carbocycles. The summed E-state index contributed by atoms with van der Waals surface area (Å²) in [4.78, 5) is 45.9. The molecule has 8 nitrogen and oxygen atoms in total. The number of pyridine rings is 1. The Morgan fingerprint density at radius 2 is 1.56 bits per heavy atom. The van der Waals surface area contributed by atoms with E-state index < -0.39 is 26.2 Å². The normalized spacial score (nSPS) is 8.22. The molecular formula is C7H9CuKNO7P. The fourth-order valence-electron chi connectivity index (χ4n) is 0.748. The van der Waals surface area contributed by atoms with Crippen molar-refractivity contribution < 1.29 is 51.6 Å². The van der Waals surface area contributed by atoms with E-state index in [2.05, 4.69) is 4.98 Å². The molecular weight excluding hydrogens is 344 g/mol. The maximum absolute atomic E-state index is 10.4. The fourth-order valence-corrected chi connectivity index (χ4v) is 0.748. The minimum absolute atomic E-state index is 0. The third kappa shape index (κ3) is 10.5. The summed E-state index contributed by atoms with van der Waals surface area (Å²) < 4.78 is 0. The van der Waals surface area contributed by atoms with Crippen molar-refractivity contribution in [3.05, 3.63) is 29.6 Å². The minimum atomic E-state index is -2.62. The van der Waals surface area contributed by atoms with Crippen LogP contribution in [0.15, 0.2) is 18.3 Å². The van der Waals surface area contributed by atoms with Gasteiger partial charge in [0.05, 0.1) is 5.56 Å². The number of aromatic carboxylic acids is 2. The van der Waals surface area contributed by atoms with E-state index >= 15 is 0 Å². The molecule has 5 N–H and O–H groups in total. The maximum atomic E-state index is 10.4. The molecule has 0 saturated heterocycles. The van der Waals surface area contributed by atoms with Gasteiger partial charge >= 0.3 is 71.9 Å². The van der Waals surface area contributed by atoms with Gasteiger partial charge in [-0.3, -0.25) is 0 Å². The van der Waals surface area contributed by atoms with Crippen molar-refractivity contribution in [1.82, 2.24) is 4.98 Å². The van der Waals surface area contributed by atoms with Crippen LogP contribution in [0.2, 0.25) is 0 Å². The summed E-state index contributed by atoms with van der Waals surface area (Å²) in [5.41, 5.74) is -0.741. The molecule has 0 atom stereocenters. The van der Waals surface area contributed by atoms with Gasteiger partial charge in [-0.1, -0.05) is 0 Å². The van der Waals surface area contributed by atoms with Crippen molar-refractivity contribution in [2.24, 2.45) is 0 Å². The van der Waals surface area contributed by atoms with Gasteiger partial charge < -0.3 is 24.9 Å². The summed E-state index contributed by atoms with van der Waals surface area (Å²) in [6, 6.07) is 2.56. The monoisotopic (exact) mass is 352 g/mol. The average molecular weight is 353 g/mol. The van der Waals surface area contributed by atoms with Crippen molar-refractivity contribution >= 4 is 71.9 Å². The van der Waals surface area contributed by atoms with Gasteiger partial charge in [0.15, 0.2) is 5.69 Å². The summed E-state index contributed by atoms with van der Waals surface area (Å²) in [6.45, 7) is 0. The van der Waals surface area contributed by atoms with Crippen LogP contribution >= 0.6 is 8.60 Å². The quantitative estimate of drug-likeness (QED) is 0.337. The summed E-state index contributed by atoms with van der Waals surface area (Å²) in [5, 5.41) is 17.0. The van der Waals surface area contributed by atoms with Gasteiger partial charge in [-0.05, 0) is 12.1 Å². The third-order valence-electron chi connectivity index (χ3n) is 1.24. The molecule has 0 aliphatic rings. The van der Waals surface area contributed by atoms with E-state index in [1.165, 1.54) is 18.3 Å². The summed E-state index contributed by atoms with van der Waals surface area (Å²) in [6.07, 6.45) is 1.23. The van der Waals surface area contributed by atoms with Gasteiger partial charge in [0.1, 0.15) is 0 Å². The van der Waals surface area contributed by atoms with Crippen LogP contribution in [0.1, 0.15) is 20.8 Å². The van der Waals surface area contributed by atoms with Crippen molar-refractivity contribution in [2.45, 2.75) is 0 Å². The first kappa shape index (κ1) is 23.6. The van der Waals surface area contributed by atoms with E-state index in [-0.39, 0.29) is 74.0 Å². The molecule has 18 heavy (non-hydrogen) atoms. The first-order chi connectivity index (χ1) is 7.36. The zero-order chi connectivity index (χ0) is 12.7. The second-order valence-corrected chi connectivity index (χ2v) is 2.81. The predicted molar refractivity (Wildman–Crippen MR) is 58.9 cm³/mol. The van der Waals surface area contributed by atoms with E-state index in [0.717, 1.165) is 0 Å². The zero-order valence-corrected chi connectivity index (χ0v) is 9.82. The van der Waals surface area contributed by atoms with Crippen LogP contribution in [-0.2, 0) is 17.1 Å². The van der Waals surface area contributed by atoms with Crippen molar-refractivity contribution in [1.29, 1.82) is 0 Å². The third-order valence-corrected chi connectivity index (χ3v) is 1.24. The van der Waals surface area contributed by atoms with Gasteiger partial charge in [0.25, 0.3) is 0 Å². The molecule has 1 radical (unpaired) electrons. The van der Waals surface area contributed by atoms with E-state index in [1.54, 1.807) is 0 Å². The number of rotatable bonds is 2. The molecule has 1 aromatic rings. The number of carboxylic acids is 2. The Hall–Kier alpha value is 0.556. The second kappa shape index (κ2) is 12.6. The molecule has 0 saturated carbocycles.